The first-order valence-corrected chi connectivity index (χ1v) is 14.9. The van der Waals surface area contributed by atoms with Crippen LogP contribution >= 0.6 is 0 Å². The highest BCUT2D eigenvalue weighted by atomic mass is 19.4. The van der Waals surface area contributed by atoms with Gasteiger partial charge in [0.05, 0.1) is 12.6 Å². The molecule has 0 saturated carbocycles. The number of halogens is 3. The molecule has 1 aromatic rings. The molecule has 0 bridgehead atoms. The van der Waals surface area contributed by atoms with Crippen molar-refractivity contribution in [3.63, 3.8) is 0 Å². The Morgan fingerprint density at radius 2 is 1.71 bits per heavy atom. The van der Waals surface area contributed by atoms with E-state index < -0.39 is 47.4 Å². The number of hydrogen-bond acceptors (Lipinski definition) is 8. The van der Waals surface area contributed by atoms with Gasteiger partial charge in [-0.2, -0.15) is 13.2 Å². The summed E-state index contributed by atoms with van der Waals surface area (Å²) in [7, 11) is 0. The number of esters is 1. The molecule has 1 N–H and O–H groups in total. The molecule has 0 radical (unpaired) electrons. The maximum Gasteiger partial charge on any atom is 0.423 e. The summed E-state index contributed by atoms with van der Waals surface area (Å²) in [6, 6.07) is 0. The third kappa shape index (κ3) is 10.6. The number of alkyl halides is 3. The van der Waals surface area contributed by atoms with Gasteiger partial charge in [0.15, 0.2) is 0 Å². The van der Waals surface area contributed by atoms with E-state index in [1.165, 1.54) is 51.4 Å². The molecule has 2 saturated heterocycles. The zero-order valence-electron chi connectivity index (χ0n) is 24.3. The number of rotatable bonds is 16. The fourth-order valence-electron chi connectivity index (χ4n) is 5.30. The molecule has 2 aliphatic rings. The van der Waals surface area contributed by atoms with Gasteiger partial charge in [0.25, 0.3) is 5.56 Å². The minimum atomic E-state index is -4.96. The summed E-state index contributed by atoms with van der Waals surface area (Å²) >= 11 is 0. The van der Waals surface area contributed by atoms with Crippen LogP contribution in [0, 0.1) is 12.3 Å². The van der Waals surface area contributed by atoms with Crippen molar-refractivity contribution in [2.24, 2.45) is 0 Å². The van der Waals surface area contributed by atoms with Crippen molar-refractivity contribution in [3.05, 3.63) is 32.6 Å². The number of aromatic amines is 1. The van der Waals surface area contributed by atoms with E-state index in [9.17, 15) is 27.6 Å². The highest BCUT2D eigenvalue weighted by Gasteiger charge is 2.40. The van der Waals surface area contributed by atoms with Crippen LogP contribution < -0.4 is 11.2 Å². The van der Waals surface area contributed by atoms with Crippen LogP contribution in [0.3, 0.4) is 0 Å². The molecular formula is C29H43F3N4O6. The third-order valence-corrected chi connectivity index (χ3v) is 7.70. The highest BCUT2D eigenvalue weighted by molar-refractivity contribution is 5.71. The number of carbonyl (C=O) groups excluding carboxylic acids is 1. The number of ether oxygens (including phenoxy) is 3. The van der Waals surface area contributed by atoms with Gasteiger partial charge >= 0.3 is 17.8 Å². The largest absolute Gasteiger partial charge is 0.462 e. The topological polar surface area (TPSA) is 106 Å². The van der Waals surface area contributed by atoms with Crippen LogP contribution in [0.5, 0.6) is 0 Å². The second-order valence-corrected chi connectivity index (χ2v) is 10.9. The van der Waals surface area contributed by atoms with Gasteiger partial charge in [-0.3, -0.25) is 24.0 Å². The van der Waals surface area contributed by atoms with Gasteiger partial charge in [-0.25, -0.2) is 4.79 Å². The Labute approximate surface area is 244 Å². The van der Waals surface area contributed by atoms with E-state index in [1.54, 1.807) is 4.98 Å². The SMILES string of the molecule is C#CCO[C@H]1C[C@H](n2cc(C(F)(F)F)c(=O)[nH]c2=O)O[C@@H]1COC(=O)CN1CCN(CCCCCCCCCC)CC1. The number of carbonyl (C=O) groups is 1. The molecule has 13 heteroatoms. The first-order valence-electron chi connectivity index (χ1n) is 14.9. The lowest BCUT2D eigenvalue weighted by molar-refractivity contribution is -0.153. The third-order valence-electron chi connectivity index (χ3n) is 7.70. The summed E-state index contributed by atoms with van der Waals surface area (Å²) in [6.45, 7) is 6.32. The molecule has 0 amide bonds. The molecule has 0 aliphatic carbocycles. The van der Waals surface area contributed by atoms with Crippen molar-refractivity contribution in [1.82, 2.24) is 19.4 Å². The van der Waals surface area contributed by atoms with Crippen molar-refractivity contribution in [2.75, 3.05) is 52.5 Å². The Bertz CT molecular complexity index is 1140. The molecule has 236 valence electrons. The lowest BCUT2D eigenvalue weighted by Crippen LogP contribution is -2.48. The molecule has 3 rings (SSSR count). The summed E-state index contributed by atoms with van der Waals surface area (Å²) < 4.78 is 57.1. The molecule has 10 nitrogen and oxygen atoms in total. The van der Waals surface area contributed by atoms with E-state index in [-0.39, 0.29) is 26.2 Å². The second kappa shape index (κ2) is 16.8. The van der Waals surface area contributed by atoms with Crippen molar-refractivity contribution in [1.29, 1.82) is 0 Å². The first kappa shape index (κ1) is 33.8. The lowest BCUT2D eigenvalue weighted by atomic mass is 10.1. The van der Waals surface area contributed by atoms with Gasteiger partial charge in [0.1, 0.15) is 31.1 Å². The lowest BCUT2D eigenvalue weighted by Gasteiger charge is -2.34. The predicted molar refractivity (Wildman–Crippen MR) is 150 cm³/mol. The summed E-state index contributed by atoms with van der Waals surface area (Å²) in [4.78, 5) is 42.6. The van der Waals surface area contributed by atoms with Gasteiger partial charge in [-0.15, -0.1) is 6.42 Å². The fourth-order valence-corrected chi connectivity index (χ4v) is 5.30. The quantitative estimate of drug-likeness (QED) is 0.175. The normalized spacial score (nSPS) is 21.8. The molecule has 3 atom stereocenters. The van der Waals surface area contributed by atoms with Gasteiger partial charge in [-0.1, -0.05) is 57.8 Å². The van der Waals surface area contributed by atoms with E-state index in [1.807, 2.05) is 4.90 Å². The number of piperazine rings is 1. The molecule has 1 aromatic heterocycles. The molecule has 0 aromatic carbocycles. The number of hydrogen-bond donors (Lipinski definition) is 1. The number of unbranched alkanes of at least 4 members (excludes halogenated alkanes) is 7. The average Bonchev–Trinajstić information content (AvgIpc) is 3.35. The van der Waals surface area contributed by atoms with Crippen LogP contribution in [-0.4, -0.2) is 90.0 Å². The average molecular weight is 601 g/mol. The number of nitrogens with zero attached hydrogens (tertiary/aromatic N) is 3. The van der Waals surface area contributed by atoms with Crippen LogP contribution in [0.15, 0.2) is 15.8 Å². The predicted octanol–water partition coefficient (Wildman–Crippen LogP) is 3.16. The Morgan fingerprint density at radius 3 is 2.36 bits per heavy atom. The van der Waals surface area contributed by atoms with Crippen LogP contribution in [-0.2, 0) is 25.2 Å². The van der Waals surface area contributed by atoms with Crippen LogP contribution in [0.25, 0.3) is 0 Å². The molecule has 0 spiro atoms. The Kier molecular flexibility index (Phi) is 13.6. The minimum absolute atomic E-state index is 0.0338. The van der Waals surface area contributed by atoms with E-state index >= 15 is 0 Å². The zero-order chi connectivity index (χ0) is 30.5. The van der Waals surface area contributed by atoms with Crippen molar-refractivity contribution in [2.45, 2.75) is 89.3 Å². The summed E-state index contributed by atoms with van der Waals surface area (Å²) in [6.07, 6.45) is 8.17. The van der Waals surface area contributed by atoms with Gasteiger partial charge in [0, 0.05) is 38.8 Å². The Morgan fingerprint density at radius 1 is 1.07 bits per heavy atom. The molecule has 3 heterocycles. The Balaban J connectivity index is 1.43. The number of nitrogens with one attached hydrogen (secondary N) is 1. The summed E-state index contributed by atoms with van der Waals surface area (Å²) in [5.74, 6) is 1.84. The standard InChI is InChI=1S/C29H43F3N4O6/c1-3-5-6-7-8-9-10-11-12-34-13-15-35(16-14-34)20-26(37)41-21-24-23(40-17-4-2)18-25(42-24)36-19-22(29(30,31)32)27(38)33-28(36)39/h2,19,23-25H,3,5-18,20-21H2,1H3,(H,33,38,39)/t23-,24+,25+/m0/s1. The smallest absolute Gasteiger partial charge is 0.423 e. The van der Waals surface area contributed by atoms with Crippen molar-refractivity contribution >= 4 is 5.97 Å². The zero-order valence-corrected chi connectivity index (χ0v) is 24.3. The van der Waals surface area contributed by atoms with Crippen LogP contribution in [0.2, 0.25) is 0 Å². The van der Waals surface area contributed by atoms with E-state index in [2.05, 4.69) is 17.7 Å². The Hall–Kier alpha value is -2.66. The highest BCUT2D eigenvalue weighted by Crippen LogP contribution is 2.32. The summed E-state index contributed by atoms with van der Waals surface area (Å²) in [5.41, 5.74) is -4.13. The minimum Gasteiger partial charge on any atom is -0.462 e. The van der Waals surface area contributed by atoms with Crippen LogP contribution in [0.1, 0.15) is 76.5 Å². The molecule has 0 unspecified atom stereocenters. The maximum absolute atomic E-state index is 13.2. The number of terminal acetylenes is 1. The van der Waals surface area contributed by atoms with E-state index in [0.717, 1.165) is 32.7 Å². The first-order chi connectivity index (χ1) is 20.1. The number of H-pyrrole nitrogens is 1. The number of aromatic nitrogens is 2. The second-order valence-electron chi connectivity index (χ2n) is 10.9. The van der Waals surface area contributed by atoms with Crippen molar-refractivity contribution in [3.8, 4) is 12.3 Å². The summed E-state index contributed by atoms with van der Waals surface area (Å²) in [5, 5.41) is 0. The van der Waals surface area contributed by atoms with Crippen molar-refractivity contribution < 1.29 is 32.2 Å². The molecule has 42 heavy (non-hydrogen) atoms. The van der Waals surface area contributed by atoms with E-state index in [4.69, 9.17) is 20.6 Å². The molecule has 2 aliphatic heterocycles. The van der Waals surface area contributed by atoms with Gasteiger partial charge < -0.3 is 19.1 Å². The fraction of sp³-hybridized carbons (Fsp3) is 0.759. The molecule has 2 fully saturated rings. The maximum atomic E-state index is 13.2. The van der Waals surface area contributed by atoms with E-state index in [0.29, 0.717) is 10.8 Å². The molecular weight excluding hydrogens is 557 g/mol. The monoisotopic (exact) mass is 600 g/mol. The van der Waals surface area contributed by atoms with Gasteiger partial charge in [0.2, 0.25) is 0 Å². The van der Waals surface area contributed by atoms with Gasteiger partial charge in [-0.05, 0) is 13.0 Å². The van der Waals surface area contributed by atoms with Crippen LogP contribution in [0.4, 0.5) is 13.2 Å².